The van der Waals surface area contributed by atoms with Gasteiger partial charge in [0.25, 0.3) is 0 Å². The second-order valence-corrected chi connectivity index (χ2v) is 4.95. The number of urea groups is 1. The largest absolute Gasteiger partial charge is 0.442 e. The summed E-state index contributed by atoms with van der Waals surface area (Å²) in [6.07, 6.45) is -0.983. The normalized spacial score (nSPS) is 17.3. The SMILES string of the molecule is CCN(CC)C(=O)NCC1CN(c2cccc(F)c2)C(=O)O1. The summed E-state index contributed by atoms with van der Waals surface area (Å²) in [5, 5.41) is 2.74. The zero-order valence-corrected chi connectivity index (χ0v) is 12.7. The van der Waals surface area contributed by atoms with Gasteiger partial charge in [0.2, 0.25) is 0 Å². The van der Waals surface area contributed by atoms with E-state index in [4.69, 9.17) is 4.74 Å². The first-order chi connectivity index (χ1) is 10.5. The number of ether oxygens (including phenoxy) is 1. The van der Waals surface area contributed by atoms with E-state index >= 15 is 0 Å². The van der Waals surface area contributed by atoms with E-state index in [0.29, 0.717) is 18.8 Å². The lowest BCUT2D eigenvalue weighted by atomic mass is 10.2. The topological polar surface area (TPSA) is 61.9 Å². The van der Waals surface area contributed by atoms with E-state index in [-0.39, 0.29) is 19.1 Å². The van der Waals surface area contributed by atoms with Crippen LogP contribution in [0.15, 0.2) is 24.3 Å². The van der Waals surface area contributed by atoms with Crippen LogP contribution < -0.4 is 10.2 Å². The molecule has 1 aliphatic heterocycles. The van der Waals surface area contributed by atoms with Gasteiger partial charge in [-0.2, -0.15) is 0 Å². The number of nitrogens with zero attached hydrogens (tertiary/aromatic N) is 2. The number of halogens is 1. The minimum absolute atomic E-state index is 0.190. The number of anilines is 1. The summed E-state index contributed by atoms with van der Waals surface area (Å²) in [5.41, 5.74) is 0.447. The van der Waals surface area contributed by atoms with Crippen molar-refractivity contribution in [2.24, 2.45) is 0 Å². The summed E-state index contributed by atoms with van der Waals surface area (Å²) in [6.45, 7) is 5.52. The van der Waals surface area contributed by atoms with Gasteiger partial charge < -0.3 is 15.0 Å². The van der Waals surface area contributed by atoms with Crippen molar-refractivity contribution in [1.82, 2.24) is 10.2 Å². The van der Waals surface area contributed by atoms with Crippen molar-refractivity contribution < 1.29 is 18.7 Å². The molecule has 7 heteroatoms. The lowest BCUT2D eigenvalue weighted by Gasteiger charge is -2.20. The lowest BCUT2D eigenvalue weighted by molar-refractivity contribution is 0.138. The van der Waals surface area contributed by atoms with Crippen molar-refractivity contribution in [2.45, 2.75) is 20.0 Å². The molecule has 0 aromatic heterocycles. The Kier molecular flexibility index (Phi) is 5.19. The monoisotopic (exact) mass is 309 g/mol. The highest BCUT2D eigenvalue weighted by atomic mass is 19.1. The van der Waals surface area contributed by atoms with Gasteiger partial charge in [0.05, 0.1) is 18.8 Å². The summed E-state index contributed by atoms with van der Waals surface area (Å²) in [5.74, 6) is -0.413. The molecule has 1 aromatic carbocycles. The maximum Gasteiger partial charge on any atom is 0.414 e. The Morgan fingerprint density at radius 3 is 2.82 bits per heavy atom. The number of nitrogens with one attached hydrogen (secondary N) is 1. The molecule has 0 aliphatic carbocycles. The fourth-order valence-electron chi connectivity index (χ4n) is 2.31. The Balaban J connectivity index is 1.91. The molecule has 120 valence electrons. The molecule has 1 N–H and O–H groups in total. The van der Waals surface area contributed by atoms with Gasteiger partial charge in [0.15, 0.2) is 0 Å². The third-order valence-corrected chi connectivity index (χ3v) is 3.53. The van der Waals surface area contributed by atoms with Gasteiger partial charge in [-0.1, -0.05) is 6.07 Å². The maximum atomic E-state index is 13.2. The van der Waals surface area contributed by atoms with Crippen molar-refractivity contribution >= 4 is 17.8 Å². The van der Waals surface area contributed by atoms with Gasteiger partial charge in [0, 0.05) is 13.1 Å². The summed E-state index contributed by atoms with van der Waals surface area (Å²) >= 11 is 0. The van der Waals surface area contributed by atoms with Crippen LogP contribution in [0.2, 0.25) is 0 Å². The van der Waals surface area contributed by atoms with Crippen LogP contribution in [-0.4, -0.2) is 49.3 Å². The number of cyclic esters (lactones) is 1. The highest BCUT2D eigenvalue weighted by Gasteiger charge is 2.32. The van der Waals surface area contributed by atoms with Crippen LogP contribution in [0.4, 0.5) is 19.7 Å². The summed E-state index contributed by atoms with van der Waals surface area (Å²) in [6, 6.07) is 5.57. The summed E-state index contributed by atoms with van der Waals surface area (Å²) in [7, 11) is 0. The molecule has 1 atom stereocenters. The molecule has 0 radical (unpaired) electrons. The molecule has 0 bridgehead atoms. The first kappa shape index (κ1) is 16.1. The Bertz CT molecular complexity index is 549. The number of amides is 3. The number of hydrogen-bond acceptors (Lipinski definition) is 3. The van der Waals surface area contributed by atoms with Crippen molar-refractivity contribution in [3.05, 3.63) is 30.1 Å². The van der Waals surface area contributed by atoms with Crippen LogP contribution in [0.3, 0.4) is 0 Å². The lowest BCUT2D eigenvalue weighted by Crippen LogP contribution is -2.43. The minimum Gasteiger partial charge on any atom is -0.442 e. The highest BCUT2D eigenvalue weighted by molar-refractivity contribution is 5.89. The van der Waals surface area contributed by atoms with Gasteiger partial charge in [-0.05, 0) is 32.0 Å². The molecule has 2 rings (SSSR count). The smallest absolute Gasteiger partial charge is 0.414 e. The van der Waals surface area contributed by atoms with Gasteiger partial charge in [-0.15, -0.1) is 0 Å². The van der Waals surface area contributed by atoms with E-state index in [0.717, 1.165) is 0 Å². The average Bonchev–Trinajstić information content (AvgIpc) is 2.87. The number of carbonyl (C=O) groups is 2. The average molecular weight is 309 g/mol. The van der Waals surface area contributed by atoms with Crippen LogP contribution in [-0.2, 0) is 4.74 Å². The van der Waals surface area contributed by atoms with Gasteiger partial charge in [0.1, 0.15) is 11.9 Å². The fraction of sp³-hybridized carbons (Fsp3) is 0.467. The molecule has 0 saturated carbocycles. The Hall–Kier alpha value is -2.31. The van der Waals surface area contributed by atoms with E-state index in [1.165, 1.54) is 23.1 Å². The van der Waals surface area contributed by atoms with Crippen LogP contribution >= 0.6 is 0 Å². The predicted molar refractivity (Wildman–Crippen MR) is 80.3 cm³/mol. The Morgan fingerprint density at radius 1 is 1.45 bits per heavy atom. The molecule has 1 heterocycles. The molecule has 1 fully saturated rings. The quantitative estimate of drug-likeness (QED) is 0.907. The van der Waals surface area contributed by atoms with Crippen molar-refractivity contribution in [3.63, 3.8) is 0 Å². The molecule has 1 aliphatic rings. The van der Waals surface area contributed by atoms with Crippen molar-refractivity contribution in [2.75, 3.05) is 31.1 Å². The first-order valence-electron chi connectivity index (χ1n) is 7.31. The van der Waals surface area contributed by atoms with Crippen LogP contribution in [0.1, 0.15) is 13.8 Å². The molecule has 3 amide bonds. The van der Waals surface area contributed by atoms with E-state index in [1.807, 2.05) is 13.8 Å². The molecular weight excluding hydrogens is 289 g/mol. The third kappa shape index (κ3) is 3.66. The molecule has 1 saturated heterocycles. The Labute approximate surface area is 128 Å². The van der Waals surface area contributed by atoms with Gasteiger partial charge >= 0.3 is 12.1 Å². The van der Waals surface area contributed by atoms with Crippen LogP contribution in [0.25, 0.3) is 0 Å². The summed E-state index contributed by atoms with van der Waals surface area (Å²) < 4.78 is 18.4. The molecule has 22 heavy (non-hydrogen) atoms. The molecule has 1 aromatic rings. The maximum absolute atomic E-state index is 13.2. The number of carbonyl (C=O) groups excluding carboxylic acids is 2. The van der Waals surface area contributed by atoms with Crippen molar-refractivity contribution in [3.8, 4) is 0 Å². The van der Waals surface area contributed by atoms with E-state index in [2.05, 4.69) is 5.32 Å². The number of rotatable bonds is 5. The highest BCUT2D eigenvalue weighted by Crippen LogP contribution is 2.22. The second-order valence-electron chi connectivity index (χ2n) is 4.95. The van der Waals surface area contributed by atoms with E-state index in [9.17, 15) is 14.0 Å². The molecule has 0 spiro atoms. The van der Waals surface area contributed by atoms with Crippen LogP contribution in [0, 0.1) is 5.82 Å². The third-order valence-electron chi connectivity index (χ3n) is 3.53. The molecule has 1 unspecified atom stereocenters. The van der Waals surface area contributed by atoms with E-state index in [1.54, 1.807) is 11.0 Å². The second kappa shape index (κ2) is 7.11. The zero-order valence-electron chi connectivity index (χ0n) is 12.7. The van der Waals surface area contributed by atoms with Gasteiger partial charge in [-0.25, -0.2) is 14.0 Å². The van der Waals surface area contributed by atoms with Crippen LogP contribution in [0.5, 0.6) is 0 Å². The summed E-state index contributed by atoms with van der Waals surface area (Å²) in [4.78, 5) is 26.7. The molecular formula is C15H20FN3O3. The van der Waals surface area contributed by atoms with E-state index < -0.39 is 18.0 Å². The first-order valence-corrected chi connectivity index (χ1v) is 7.31. The zero-order chi connectivity index (χ0) is 16.1. The molecule has 6 nitrogen and oxygen atoms in total. The fourth-order valence-corrected chi connectivity index (χ4v) is 2.31. The number of hydrogen-bond donors (Lipinski definition) is 1. The number of benzene rings is 1. The van der Waals surface area contributed by atoms with Gasteiger partial charge in [-0.3, -0.25) is 4.90 Å². The minimum atomic E-state index is -0.535. The predicted octanol–water partition coefficient (Wildman–Crippen LogP) is 2.20. The standard InChI is InChI=1S/C15H20FN3O3/c1-3-18(4-2)14(20)17-9-13-10-19(15(21)22-13)12-7-5-6-11(16)8-12/h5-8,13H,3-4,9-10H2,1-2H3,(H,17,20). The van der Waals surface area contributed by atoms with Crippen molar-refractivity contribution in [1.29, 1.82) is 0 Å². The Morgan fingerprint density at radius 2 is 2.18 bits per heavy atom.